The summed E-state index contributed by atoms with van der Waals surface area (Å²) in [5.41, 5.74) is 0.640. The van der Waals surface area contributed by atoms with Crippen LogP contribution in [-0.4, -0.2) is 37.9 Å². The Hall–Kier alpha value is -0.850. The molecule has 2 heterocycles. The summed E-state index contributed by atoms with van der Waals surface area (Å²) in [7, 11) is 0. The maximum Gasteiger partial charge on any atom is 0.231 e. The number of fused-ring (bicyclic) bond motifs is 1. The van der Waals surface area contributed by atoms with E-state index in [2.05, 4.69) is 26.1 Å². The molecule has 1 aromatic carbocycles. The number of nitrogens with one attached hydrogen (secondary N) is 1. The van der Waals surface area contributed by atoms with Gasteiger partial charge in [-0.05, 0) is 6.07 Å². The van der Waals surface area contributed by atoms with E-state index in [0.717, 1.165) is 30.7 Å². The van der Waals surface area contributed by atoms with Crippen LogP contribution in [0.4, 0.5) is 4.39 Å². The Bertz CT molecular complexity index is 464. The molecule has 0 aromatic heterocycles. The van der Waals surface area contributed by atoms with Gasteiger partial charge in [-0.15, -0.1) is 0 Å². The molecule has 1 fully saturated rings. The molecule has 3 rings (SSSR count). The third-order valence-corrected chi connectivity index (χ3v) is 3.95. The average molecular weight is 317 g/mol. The SMILES string of the molecule is Fc1c(CN2CCNCC2)c(Br)cc2c1OCO2. The fourth-order valence-electron chi connectivity index (χ4n) is 2.25. The highest BCUT2D eigenvalue weighted by Crippen LogP contribution is 2.40. The van der Waals surface area contributed by atoms with Crippen LogP contribution in [0.25, 0.3) is 0 Å². The summed E-state index contributed by atoms with van der Waals surface area (Å²) < 4.78 is 25.4. The monoisotopic (exact) mass is 316 g/mol. The molecule has 98 valence electrons. The minimum Gasteiger partial charge on any atom is -0.453 e. The first kappa shape index (κ1) is 12.2. The van der Waals surface area contributed by atoms with Crippen molar-refractivity contribution < 1.29 is 13.9 Å². The van der Waals surface area contributed by atoms with Crippen LogP contribution in [0, 0.1) is 5.82 Å². The van der Waals surface area contributed by atoms with Gasteiger partial charge in [-0.2, -0.15) is 0 Å². The van der Waals surface area contributed by atoms with Gasteiger partial charge in [0, 0.05) is 42.8 Å². The fourth-order valence-corrected chi connectivity index (χ4v) is 2.76. The molecule has 18 heavy (non-hydrogen) atoms. The molecule has 0 amide bonds. The minimum atomic E-state index is -0.310. The lowest BCUT2D eigenvalue weighted by Crippen LogP contribution is -2.43. The third-order valence-electron chi connectivity index (χ3n) is 3.24. The van der Waals surface area contributed by atoms with Crippen molar-refractivity contribution >= 4 is 15.9 Å². The van der Waals surface area contributed by atoms with Crippen molar-refractivity contribution in [3.05, 3.63) is 21.9 Å². The number of hydrogen-bond acceptors (Lipinski definition) is 4. The number of benzene rings is 1. The normalized spacial score (nSPS) is 19.2. The number of rotatable bonds is 2. The first-order valence-corrected chi connectivity index (χ1v) is 6.74. The molecule has 0 unspecified atom stereocenters. The number of piperazine rings is 1. The largest absolute Gasteiger partial charge is 0.453 e. The Balaban J connectivity index is 1.87. The van der Waals surface area contributed by atoms with E-state index < -0.39 is 0 Å². The van der Waals surface area contributed by atoms with Gasteiger partial charge < -0.3 is 14.8 Å². The molecule has 0 atom stereocenters. The molecular formula is C12H14BrFN2O2. The molecule has 0 bridgehead atoms. The van der Waals surface area contributed by atoms with Crippen molar-refractivity contribution in [3.63, 3.8) is 0 Å². The quantitative estimate of drug-likeness (QED) is 0.901. The summed E-state index contributed by atoms with van der Waals surface area (Å²) in [5, 5.41) is 3.28. The molecule has 0 aliphatic carbocycles. The summed E-state index contributed by atoms with van der Waals surface area (Å²) in [5.74, 6) is 0.405. The summed E-state index contributed by atoms with van der Waals surface area (Å²) in [6.45, 7) is 4.44. The van der Waals surface area contributed by atoms with Gasteiger partial charge in [0.05, 0.1) is 0 Å². The summed E-state index contributed by atoms with van der Waals surface area (Å²) >= 11 is 3.41. The zero-order valence-corrected chi connectivity index (χ0v) is 11.4. The Morgan fingerprint density at radius 2 is 2.11 bits per heavy atom. The molecule has 1 N–H and O–H groups in total. The van der Waals surface area contributed by atoms with Crippen LogP contribution in [0.3, 0.4) is 0 Å². The van der Waals surface area contributed by atoms with Crippen molar-refractivity contribution in [2.45, 2.75) is 6.54 Å². The van der Waals surface area contributed by atoms with Gasteiger partial charge in [0.1, 0.15) is 0 Å². The summed E-state index contributed by atoms with van der Waals surface area (Å²) in [4.78, 5) is 2.22. The molecule has 0 saturated carbocycles. The zero-order chi connectivity index (χ0) is 12.5. The maximum atomic E-state index is 14.3. The van der Waals surface area contributed by atoms with Crippen molar-refractivity contribution in [1.82, 2.24) is 10.2 Å². The highest BCUT2D eigenvalue weighted by Gasteiger charge is 2.25. The molecular weight excluding hydrogens is 303 g/mol. The van der Waals surface area contributed by atoms with E-state index in [4.69, 9.17) is 9.47 Å². The molecule has 1 saturated heterocycles. The minimum absolute atomic E-state index is 0.0930. The Labute approximate surface area is 113 Å². The smallest absolute Gasteiger partial charge is 0.231 e. The highest BCUT2D eigenvalue weighted by atomic mass is 79.9. The lowest BCUT2D eigenvalue weighted by Gasteiger charge is -2.27. The molecule has 4 nitrogen and oxygen atoms in total. The van der Waals surface area contributed by atoms with Crippen LogP contribution in [0.15, 0.2) is 10.5 Å². The Kier molecular flexibility index (Phi) is 3.41. The average Bonchev–Trinajstić information content (AvgIpc) is 2.84. The predicted octanol–water partition coefficient (Wildman–Crippen LogP) is 1.72. The summed E-state index contributed by atoms with van der Waals surface area (Å²) in [6, 6.07) is 1.78. The van der Waals surface area contributed by atoms with E-state index in [-0.39, 0.29) is 18.4 Å². The summed E-state index contributed by atoms with van der Waals surface area (Å²) in [6.07, 6.45) is 0. The van der Waals surface area contributed by atoms with Gasteiger partial charge in [0.15, 0.2) is 11.6 Å². The lowest BCUT2D eigenvalue weighted by atomic mass is 10.1. The van der Waals surface area contributed by atoms with E-state index in [9.17, 15) is 4.39 Å². The van der Waals surface area contributed by atoms with Crippen LogP contribution in [-0.2, 0) is 6.54 Å². The Morgan fingerprint density at radius 3 is 2.89 bits per heavy atom. The van der Waals surface area contributed by atoms with E-state index >= 15 is 0 Å². The van der Waals surface area contributed by atoms with Crippen molar-refractivity contribution in [2.24, 2.45) is 0 Å². The maximum absolute atomic E-state index is 14.3. The number of hydrogen-bond donors (Lipinski definition) is 1. The molecule has 6 heteroatoms. The van der Waals surface area contributed by atoms with Gasteiger partial charge in [-0.3, -0.25) is 4.90 Å². The van der Waals surface area contributed by atoms with Crippen molar-refractivity contribution in [1.29, 1.82) is 0 Å². The van der Waals surface area contributed by atoms with E-state index in [1.807, 2.05) is 0 Å². The number of nitrogens with zero attached hydrogens (tertiary/aromatic N) is 1. The topological polar surface area (TPSA) is 33.7 Å². The second-order valence-corrected chi connectivity index (χ2v) is 5.27. The number of halogens is 2. The van der Waals surface area contributed by atoms with Crippen molar-refractivity contribution in [3.8, 4) is 11.5 Å². The second kappa shape index (κ2) is 5.03. The van der Waals surface area contributed by atoms with Gasteiger partial charge in [0.2, 0.25) is 12.5 Å². The second-order valence-electron chi connectivity index (χ2n) is 4.41. The first-order chi connectivity index (χ1) is 8.75. The van der Waals surface area contributed by atoms with E-state index in [1.54, 1.807) is 6.07 Å². The molecule has 2 aliphatic rings. The number of ether oxygens (including phenoxy) is 2. The van der Waals surface area contributed by atoms with Crippen LogP contribution in [0.1, 0.15) is 5.56 Å². The molecule has 2 aliphatic heterocycles. The van der Waals surface area contributed by atoms with E-state index in [1.165, 1.54) is 0 Å². The first-order valence-electron chi connectivity index (χ1n) is 5.95. The highest BCUT2D eigenvalue weighted by molar-refractivity contribution is 9.10. The third kappa shape index (κ3) is 2.20. The van der Waals surface area contributed by atoms with Gasteiger partial charge in [-0.1, -0.05) is 15.9 Å². The fraction of sp³-hybridized carbons (Fsp3) is 0.500. The van der Waals surface area contributed by atoms with Gasteiger partial charge in [0.25, 0.3) is 0 Å². The van der Waals surface area contributed by atoms with Crippen LogP contribution >= 0.6 is 15.9 Å². The van der Waals surface area contributed by atoms with E-state index in [0.29, 0.717) is 17.9 Å². The van der Waals surface area contributed by atoms with Crippen LogP contribution in [0.2, 0.25) is 0 Å². The van der Waals surface area contributed by atoms with Gasteiger partial charge >= 0.3 is 0 Å². The zero-order valence-electron chi connectivity index (χ0n) is 9.84. The van der Waals surface area contributed by atoms with Gasteiger partial charge in [-0.25, -0.2) is 4.39 Å². The molecule has 0 radical (unpaired) electrons. The van der Waals surface area contributed by atoms with Crippen LogP contribution in [0.5, 0.6) is 11.5 Å². The van der Waals surface area contributed by atoms with Crippen molar-refractivity contribution in [2.75, 3.05) is 33.0 Å². The predicted molar refractivity (Wildman–Crippen MR) is 68.4 cm³/mol. The van der Waals surface area contributed by atoms with Crippen LogP contribution < -0.4 is 14.8 Å². The Morgan fingerprint density at radius 1 is 1.33 bits per heavy atom. The molecule has 0 spiro atoms. The standard InChI is InChI=1S/C12H14BrFN2O2/c13-9-5-10-12(18-7-17-10)11(14)8(9)6-16-3-1-15-2-4-16/h5,15H,1-4,6-7H2. The lowest BCUT2D eigenvalue weighted by molar-refractivity contribution is 0.170. The molecule has 1 aromatic rings.